The molecule has 0 aromatic rings. The Bertz CT molecular complexity index is 352. The first kappa shape index (κ1) is 15.3. The van der Waals surface area contributed by atoms with Crippen LogP contribution in [0.5, 0.6) is 0 Å². The average molecular weight is 283 g/mol. The molecule has 1 amide bonds. The molecule has 2 atom stereocenters. The number of carbonyl (C=O) groups excluding carboxylic acids is 1. The lowest BCUT2D eigenvalue weighted by atomic mass is 9.94. The van der Waals surface area contributed by atoms with Gasteiger partial charge in [-0.25, -0.2) is 0 Å². The molecule has 0 spiro atoms. The Morgan fingerprint density at radius 1 is 1.25 bits per heavy atom. The summed E-state index contributed by atoms with van der Waals surface area (Å²) in [6, 6.07) is 0. The Morgan fingerprint density at radius 2 is 1.95 bits per heavy atom. The molecule has 2 aliphatic heterocycles. The molecule has 0 saturated carbocycles. The Balaban J connectivity index is 1.68. The van der Waals surface area contributed by atoms with E-state index in [2.05, 4.69) is 0 Å². The Labute approximate surface area is 120 Å². The van der Waals surface area contributed by atoms with Crippen molar-refractivity contribution in [2.75, 3.05) is 26.3 Å². The van der Waals surface area contributed by atoms with Crippen LogP contribution in [0.4, 0.5) is 0 Å². The van der Waals surface area contributed by atoms with E-state index in [1.807, 2.05) is 6.92 Å². The lowest BCUT2D eigenvalue weighted by molar-refractivity contribution is -0.142. The van der Waals surface area contributed by atoms with Gasteiger partial charge in [0.15, 0.2) is 0 Å². The van der Waals surface area contributed by atoms with Crippen LogP contribution in [0.3, 0.4) is 0 Å². The Morgan fingerprint density at radius 3 is 2.55 bits per heavy atom. The SMILES string of the molecule is C[C@@H]1CN(C(=O)CCCC2CCOCC2)C[C@H]1C(=O)O. The number of carbonyl (C=O) groups is 2. The summed E-state index contributed by atoms with van der Waals surface area (Å²) in [6.45, 7) is 4.58. The lowest BCUT2D eigenvalue weighted by Crippen LogP contribution is -2.29. The maximum atomic E-state index is 12.1. The predicted molar refractivity (Wildman–Crippen MR) is 74.3 cm³/mol. The molecule has 0 aliphatic carbocycles. The van der Waals surface area contributed by atoms with Crippen LogP contribution in [0.15, 0.2) is 0 Å². The topological polar surface area (TPSA) is 66.8 Å². The van der Waals surface area contributed by atoms with E-state index in [1.54, 1.807) is 4.90 Å². The van der Waals surface area contributed by atoms with Gasteiger partial charge in [-0.1, -0.05) is 6.92 Å². The summed E-state index contributed by atoms with van der Waals surface area (Å²) in [5, 5.41) is 9.08. The molecule has 5 nitrogen and oxygen atoms in total. The molecule has 2 fully saturated rings. The minimum atomic E-state index is -0.782. The van der Waals surface area contributed by atoms with Crippen molar-refractivity contribution in [1.29, 1.82) is 0 Å². The van der Waals surface area contributed by atoms with Crippen LogP contribution in [-0.4, -0.2) is 48.2 Å². The highest BCUT2D eigenvalue weighted by atomic mass is 16.5. The highest BCUT2D eigenvalue weighted by Gasteiger charge is 2.36. The van der Waals surface area contributed by atoms with Gasteiger partial charge in [-0.3, -0.25) is 9.59 Å². The number of aliphatic carboxylic acids is 1. The maximum absolute atomic E-state index is 12.1. The smallest absolute Gasteiger partial charge is 0.308 e. The summed E-state index contributed by atoms with van der Waals surface area (Å²) in [5.74, 6) is -0.301. The van der Waals surface area contributed by atoms with Crippen LogP contribution in [0.2, 0.25) is 0 Å². The summed E-state index contributed by atoms with van der Waals surface area (Å²) in [7, 11) is 0. The monoisotopic (exact) mass is 283 g/mol. The lowest BCUT2D eigenvalue weighted by Gasteiger charge is -2.22. The predicted octanol–water partition coefficient (Wildman–Crippen LogP) is 1.76. The summed E-state index contributed by atoms with van der Waals surface area (Å²) in [5.41, 5.74) is 0. The third-order valence-electron chi connectivity index (χ3n) is 4.63. The molecule has 1 N–H and O–H groups in total. The van der Waals surface area contributed by atoms with E-state index in [0.717, 1.165) is 38.9 Å². The van der Waals surface area contributed by atoms with Crippen LogP contribution >= 0.6 is 0 Å². The molecule has 0 radical (unpaired) electrons. The molecule has 0 aromatic carbocycles. The Kier molecular flexibility index (Phi) is 5.40. The summed E-state index contributed by atoms with van der Waals surface area (Å²) < 4.78 is 5.32. The molecule has 2 rings (SSSR count). The van der Waals surface area contributed by atoms with Crippen LogP contribution in [0.25, 0.3) is 0 Å². The molecule has 5 heteroatoms. The fourth-order valence-electron chi connectivity index (χ4n) is 3.23. The van der Waals surface area contributed by atoms with Crippen LogP contribution < -0.4 is 0 Å². The third-order valence-corrected chi connectivity index (χ3v) is 4.63. The zero-order chi connectivity index (χ0) is 14.5. The van der Waals surface area contributed by atoms with E-state index in [1.165, 1.54) is 0 Å². The molecule has 0 unspecified atom stereocenters. The first-order chi connectivity index (χ1) is 9.58. The highest BCUT2D eigenvalue weighted by Crippen LogP contribution is 2.25. The van der Waals surface area contributed by atoms with E-state index < -0.39 is 11.9 Å². The molecule has 0 aromatic heterocycles. The van der Waals surface area contributed by atoms with E-state index in [4.69, 9.17) is 9.84 Å². The van der Waals surface area contributed by atoms with Gasteiger partial charge in [0.05, 0.1) is 5.92 Å². The molecule has 2 heterocycles. The number of ether oxygens (including phenoxy) is 1. The fourth-order valence-corrected chi connectivity index (χ4v) is 3.23. The number of hydrogen-bond acceptors (Lipinski definition) is 3. The second kappa shape index (κ2) is 7.07. The number of nitrogens with zero attached hydrogens (tertiary/aromatic N) is 1. The van der Waals surface area contributed by atoms with Crippen molar-refractivity contribution in [3.63, 3.8) is 0 Å². The maximum Gasteiger partial charge on any atom is 0.308 e. The first-order valence-corrected chi connectivity index (χ1v) is 7.66. The summed E-state index contributed by atoms with van der Waals surface area (Å²) in [4.78, 5) is 24.9. The van der Waals surface area contributed by atoms with Gasteiger partial charge in [-0.05, 0) is 37.5 Å². The minimum absolute atomic E-state index is 0.0620. The second-order valence-corrected chi connectivity index (χ2v) is 6.17. The number of carboxylic acid groups (broad SMARTS) is 1. The van der Waals surface area contributed by atoms with Gasteiger partial charge in [-0.2, -0.15) is 0 Å². The standard InChI is InChI=1S/C15H25NO4/c1-11-9-16(10-13(11)15(18)19)14(17)4-2-3-12-5-7-20-8-6-12/h11-13H,2-10H2,1H3,(H,18,19)/t11-,13-/m1/s1. The molecular formula is C15H25NO4. The normalized spacial score (nSPS) is 27.8. The van der Waals surface area contributed by atoms with Crippen LogP contribution in [0, 0.1) is 17.8 Å². The summed E-state index contributed by atoms with van der Waals surface area (Å²) in [6.07, 6.45) is 4.76. The minimum Gasteiger partial charge on any atom is -0.481 e. The van der Waals surface area contributed by atoms with Crippen LogP contribution in [0.1, 0.15) is 39.0 Å². The molecule has 0 bridgehead atoms. The van der Waals surface area contributed by atoms with Gasteiger partial charge in [-0.15, -0.1) is 0 Å². The first-order valence-electron chi connectivity index (χ1n) is 7.66. The van der Waals surface area contributed by atoms with Gasteiger partial charge in [0, 0.05) is 32.7 Å². The van der Waals surface area contributed by atoms with Gasteiger partial charge >= 0.3 is 5.97 Å². The average Bonchev–Trinajstić information content (AvgIpc) is 2.82. The van der Waals surface area contributed by atoms with Crippen molar-refractivity contribution in [2.45, 2.75) is 39.0 Å². The fraction of sp³-hybridized carbons (Fsp3) is 0.867. The largest absolute Gasteiger partial charge is 0.481 e. The van der Waals surface area contributed by atoms with E-state index in [-0.39, 0.29) is 11.8 Å². The van der Waals surface area contributed by atoms with Crippen molar-refractivity contribution < 1.29 is 19.4 Å². The van der Waals surface area contributed by atoms with E-state index >= 15 is 0 Å². The van der Waals surface area contributed by atoms with Gasteiger partial charge in [0.1, 0.15) is 0 Å². The van der Waals surface area contributed by atoms with Crippen molar-refractivity contribution in [1.82, 2.24) is 4.90 Å². The van der Waals surface area contributed by atoms with Crippen molar-refractivity contribution >= 4 is 11.9 Å². The van der Waals surface area contributed by atoms with Gasteiger partial charge < -0.3 is 14.7 Å². The molecule has 2 aliphatic rings. The molecular weight excluding hydrogens is 258 g/mol. The van der Waals surface area contributed by atoms with Crippen LogP contribution in [-0.2, 0) is 14.3 Å². The Hall–Kier alpha value is -1.10. The number of rotatable bonds is 5. The second-order valence-electron chi connectivity index (χ2n) is 6.17. The summed E-state index contributed by atoms with van der Waals surface area (Å²) >= 11 is 0. The number of amides is 1. The van der Waals surface area contributed by atoms with Crippen molar-refractivity contribution in [2.24, 2.45) is 17.8 Å². The highest BCUT2D eigenvalue weighted by molar-refractivity contribution is 5.78. The number of likely N-dealkylation sites (tertiary alicyclic amines) is 1. The quantitative estimate of drug-likeness (QED) is 0.835. The molecule has 20 heavy (non-hydrogen) atoms. The van der Waals surface area contributed by atoms with Crippen molar-refractivity contribution in [3.05, 3.63) is 0 Å². The number of carboxylic acids is 1. The zero-order valence-corrected chi connectivity index (χ0v) is 12.2. The number of hydrogen-bond donors (Lipinski definition) is 1. The van der Waals surface area contributed by atoms with Gasteiger partial charge in [0.25, 0.3) is 0 Å². The third kappa shape index (κ3) is 3.95. The zero-order valence-electron chi connectivity index (χ0n) is 12.2. The molecule has 114 valence electrons. The van der Waals surface area contributed by atoms with Crippen molar-refractivity contribution in [3.8, 4) is 0 Å². The molecule has 2 saturated heterocycles. The van der Waals surface area contributed by atoms with E-state index in [0.29, 0.717) is 25.4 Å². The van der Waals surface area contributed by atoms with E-state index in [9.17, 15) is 9.59 Å². The van der Waals surface area contributed by atoms with Gasteiger partial charge in [0.2, 0.25) is 5.91 Å².